The Bertz CT molecular complexity index is 1140. The third-order valence-electron chi connectivity index (χ3n) is 5.24. The van der Waals surface area contributed by atoms with Crippen LogP contribution in [0, 0.1) is 0 Å². The van der Waals surface area contributed by atoms with Crippen molar-refractivity contribution in [3.63, 3.8) is 0 Å². The number of fused-ring (bicyclic) bond motifs is 4. The fourth-order valence-electron chi connectivity index (χ4n) is 3.80. The molecule has 3 heterocycles. The van der Waals surface area contributed by atoms with Crippen molar-refractivity contribution in [2.24, 2.45) is 4.40 Å². The van der Waals surface area contributed by atoms with E-state index in [4.69, 9.17) is 9.47 Å². The van der Waals surface area contributed by atoms with Crippen LogP contribution in [0.2, 0.25) is 0 Å². The molecule has 0 saturated carbocycles. The summed E-state index contributed by atoms with van der Waals surface area (Å²) >= 11 is 0. The summed E-state index contributed by atoms with van der Waals surface area (Å²) in [5.41, 5.74) is 1.38. The molecule has 0 bridgehead atoms. The van der Waals surface area contributed by atoms with Crippen LogP contribution in [0.15, 0.2) is 45.7 Å². The second-order valence-electron chi connectivity index (χ2n) is 7.15. The van der Waals surface area contributed by atoms with Crippen LogP contribution in [0.5, 0.6) is 11.5 Å². The molecule has 0 aromatic heterocycles. The van der Waals surface area contributed by atoms with Gasteiger partial charge >= 0.3 is 0 Å². The first kappa shape index (κ1) is 18.0. The average molecular weight is 413 g/mol. The van der Waals surface area contributed by atoms with Crippen molar-refractivity contribution in [2.45, 2.75) is 30.6 Å². The van der Waals surface area contributed by atoms with Gasteiger partial charge in [-0.1, -0.05) is 6.42 Å². The minimum absolute atomic E-state index is 0.0708. The first-order valence-electron chi connectivity index (χ1n) is 9.48. The molecule has 9 heteroatoms. The predicted octanol–water partition coefficient (Wildman–Crippen LogP) is 3.15. The Labute approximate surface area is 168 Å². The SMILES string of the molecule is O=C(Nc1ccc2c(c1)OCO2)c1ccc2c(c1)S(=O)(=O)N=C1CCCCCN12. The molecule has 1 saturated heterocycles. The highest BCUT2D eigenvalue weighted by Gasteiger charge is 2.32. The van der Waals surface area contributed by atoms with Gasteiger partial charge in [-0.2, -0.15) is 8.42 Å². The summed E-state index contributed by atoms with van der Waals surface area (Å²) in [7, 11) is -3.84. The summed E-state index contributed by atoms with van der Waals surface area (Å²) in [6.07, 6.45) is 3.59. The van der Waals surface area contributed by atoms with Gasteiger partial charge in [0.25, 0.3) is 15.9 Å². The number of sulfonamides is 1. The lowest BCUT2D eigenvalue weighted by molar-refractivity contribution is 0.102. The molecule has 1 fully saturated rings. The van der Waals surface area contributed by atoms with E-state index in [2.05, 4.69) is 9.71 Å². The fraction of sp³-hybridized carbons (Fsp3) is 0.300. The maximum Gasteiger partial charge on any atom is 0.286 e. The number of nitrogens with zero attached hydrogens (tertiary/aromatic N) is 2. The number of anilines is 2. The van der Waals surface area contributed by atoms with Gasteiger partial charge in [0, 0.05) is 30.3 Å². The lowest BCUT2D eigenvalue weighted by atomic mass is 10.1. The highest BCUT2D eigenvalue weighted by Crippen LogP contribution is 2.36. The molecule has 29 heavy (non-hydrogen) atoms. The van der Waals surface area contributed by atoms with Crippen LogP contribution in [0.3, 0.4) is 0 Å². The largest absolute Gasteiger partial charge is 0.454 e. The van der Waals surface area contributed by atoms with E-state index >= 15 is 0 Å². The molecule has 0 atom stereocenters. The van der Waals surface area contributed by atoms with Crippen molar-refractivity contribution in [3.05, 3.63) is 42.0 Å². The lowest BCUT2D eigenvalue weighted by Crippen LogP contribution is -2.35. The zero-order valence-electron chi connectivity index (χ0n) is 15.6. The van der Waals surface area contributed by atoms with Crippen LogP contribution >= 0.6 is 0 Å². The quantitative estimate of drug-likeness (QED) is 0.812. The van der Waals surface area contributed by atoms with E-state index in [1.165, 1.54) is 6.07 Å². The average Bonchev–Trinajstić information content (AvgIpc) is 3.05. The molecular formula is C20H19N3O5S. The van der Waals surface area contributed by atoms with Crippen LogP contribution in [0.25, 0.3) is 0 Å². The third-order valence-corrected chi connectivity index (χ3v) is 6.57. The van der Waals surface area contributed by atoms with E-state index in [1.54, 1.807) is 30.3 Å². The van der Waals surface area contributed by atoms with Gasteiger partial charge in [0.05, 0.1) is 5.69 Å². The number of hydrogen-bond acceptors (Lipinski definition) is 6. The number of rotatable bonds is 2. The van der Waals surface area contributed by atoms with Gasteiger partial charge in [-0.25, -0.2) is 0 Å². The van der Waals surface area contributed by atoms with Gasteiger partial charge in [-0.3, -0.25) is 4.79 Å². The third kappa shape index (κ3) is 3.21. The predicted molar refractivity (Wildman–Crippen MR) is 107 cm³/mol. The van der Waals surface area contributed by atoms with E-state index in [1.807, 2.05) is 4.90 Å². The van der Waals surface area contributed by atoms with Gasteiger partial charge in [-0.15, -0.1) is 4.40 Å². The Kier molecular flexibility index (Phi) is 4.20. The molecule has 0 aliphatic carbocycles. The summed E-state index contributed by atoms with van der Waals surface area (Å²) in [5.74, 6) is 1.35. The standard InChI is InChI=1S/C20H19N3O5S/c24-20(21-14-6-8-16-17(11-14)28-12-27-16)13-5-7-15-18(10-13)29(25,26)22-19-4-2-1-3-9-23(15)19/h5-8,10-11H,1-4,9,12H2,(H,21,24). The number of amidine groups is 1. The lowest BCUT2D eigenvalue weighted by Gasteiger charge is -2.29. The Morgan fingerprint density at radius 3 is 2.79 bits per heavy atom. The smallest absolute Gasteiger partial charge is 0.286 e. The second-order valence-corrected chi connectivity index (χ2v) is 8.72. The zero-order chi connectivity index (χ0) is 20.0. The summed E-state index contributed by atoms with van der Waals surface area (Å²) in [4.78, 5) is 14.8. The molecule has 150 valence electrons. The molecule has 0 spiro atoms. The van der Waals surface area contributed by atoms with E-state index < -0.39 is 15.9 Å². The van der Waals surface area contributed by atoms with Crippen LogP contribution in [0.1, 0.15) is 36.0 Å². The number of benzene rings is 2. The fourth-order valence-corrected chi connectivity index (χ4v) is 5.08. The highest BCUT2D eigenvalue weighted by molar-refractivity contribution is 7.90. The van der Waals surface area contributed by atoms with E-state index in [0.717, 1.165) is 25.8 Å². The van der Waals surface area contributed by atoms with Crippen LogP contribution < -0.4 is 19.7 Å². The van der Waals surface area contributed by atoms with E-state index in [9.17, 15) is 13.2 Å². The van der Waals surface area contributed by atoms with E-state index in [-0.39, 0.29) is 17.3 Å². The number of carbonyl (C=O) groups is 1. The van der Waals surface area contributed by atoms with E-state index in [0.29, 0.717) is 35.1 Å². The van der Waals surface area contributed by atoms with Gasteiger partial charge < -0.3 is 19.7 Å². The zero-order valence-corrected chi connectivity index (χ0v) is 16.4. The Balaban J connectivity index is 1.46. The van der Waals surface area contributed by atoms with Crippen molar-refractivity contribution < 1.29 is 22.7 Å². The van der Waals surface area contributed by atoms with Crippen molar-refractivity contribution >= 4 is 33.1 Å². The van der Waals surface area contributed by atoms with Crippen molar-refractivity contribution in [3.8, 4) is 11.5 Å². The molecule has 3 aliphatic rings. The molecule has 0 radical (unpaired) electrons. The van der Waals surface area contributed by atoms with Crippen molar-refractivity contribution in [1.82, 2.24) is 0 Å². The summed E-state index contributed by atoms with van der Waals surface area (Å²) in [6, 6.07) is 9.83. The van der Waals surface area contributed by atoms with Crippen LogP contribution in [-0.2, 0) is 10.0 Å². The number of hydrogen-bond donors (Lipinski definition) is 1. The Morgan fingerprint density at radius 2 is 1.90 bits per heavy atom. The topological polar surface area (TPSA) is 97.3 Å². The number of nitrogens with one attached hydrogen (secondary N) is 1. The molecule has 3 aliphatic heterocycles. The summed E-state index contributed by atoms with van der Waals surface area (Å²) in [6.45, 7) is 0.874. The number of amides is 1. The van der Waals surface area contributed by atoms with Gasteiger partial charge in [0.1, 0.15) is 10.7 Å². The van der Waals surface area contributed by atoms with Gasteiger partial charge in [0.2, 0.25) is 6.79 Å². The highest BCUT2D eigenvalue weighted by atomic mass is 32.2. The molecule has 2 aromatic carbocycles. The maximum atomic E-state index is 12.7. The molecule has 8 nitrogen and oxygen atoms in total. The first-order valence-corrected chi connectivity index (χ1v) is 10.9. The molecular weight excluding hydrogens is 394 g/mol. The Morgan fingerprint density at radius 1 is 1.03 bits per heavy atom. The molecule has 5 rings (SSSR count). The Hall–Kier alpha value is -3.07. The van der Waals surface area contributed by atoms with Gasteiger partial charge in [-0.05, 0) is 43.2 Å². The molecule has 2 aromatic rings. The van der Waals surface area contributed by atoms with Crippen molar-refractivity contribution in [1.29, 1.82) is 0 Å². The van der Waals surface area contributed by atoms with Crippen LogP contribution in [0.4, 0.5) is 11.4 Å². The second kappa shape index (κ2) is 6.77. The first-order chi connectivity index (χ1) is 14.0. The molecule has 1 amide bonds. The normalized spacial score (nSPS) is 18.9. The monoisotopic (exact) mass is 413 g/mol. The van der Waals surface area contributed by atoms with Crippen molar-refractivity contribution in [2.75, 3.05) is 23.6 Å². The molecule has 1 N–H and O–H groups in total. The summed E-state index contributed by atoms with van der Waals surface area (Å²) in [5, 5.41) is 2.77. The minimum Gasteiger partial charge on any atom is -0.454 e. The minimum atomic E-state index is -3.84. The number of ether oxygens (including phenoxy) is 2. The van der Waals surface area contributed by atoms with Gasteiger partial charge in [0.15, 0.2) is 11.5 Å². The van der Waals surface area contributed by atoms with Crippen LogP contribution in [-0.4, -0.2) is 33.5 Å². The maximum absolute atomic E-state index is 12.7. The number of carbonyl (C=O) groups excluding carboxylic acids is 1. The summed E-state index contributed by atoms with van der Waals surface area (Å²) < 4.78 is 40.0. The molecule has 0 unspecified atom stereocenters.